The maximum Gasteiger partial charge on any atom is 0.234 e. The molecule has 122 valence electrons. The van der Waals surface area contributed by atoms with E-state index in [-0.39, 0.29) is 5.91 Å². The number of quaternary nitrogens is 1. The molecule has 1 saturated heterocycles. The number of carbonyl (C=O) groups excluding carboxylic acids is 1. The number of hydrogen-bond donors (Lipinski definition) is 2. The first kappa shape index (κ1) is 17.1. The van der Waals surface area contributed by atoms with Crippen LogP contribution in [0.4, 0.5) is 0 Å². The van der Waals surface area contributed by atoms with Gasteiger partial charge in [-0.25, -0.2) is 5.01 Å². The van der Waals surface area contributed by atoms with Gasteiger partial charge in [0.1, 0.15) is 5.75 Å². The molecule has 1 aromatic rings. The quantitative estimate of drug-likeness (QED) is 0.755. The number of likely N-dealkylation sites (N-methyl/N-ethyl adjacent to an activating group) is 1. The second-order valence-electron chi connectivity index (χ2n) is 5.84. The molecule has 0 atom stereocenters. The SMILES string of the molecule is Cc1cc(Cl)ccc1OCCCC(=O)NN1CC[NH+](C)CC1. The molecule has 0 aliphatic carbocycles. The van der Waals surface area contributed by atoms with Crippen molar-refractivity contribution < 1.29 is 14.4 Å². The summed E-state index contributed by atoms with van der Waals surface area (Å²) in [5, 5.41) is 2.72. The van der Waals surface area contributed by atoms with Crippen LogP contribution in [0.3, 0.4) is 0 Å². The van der Waals surface area contributed by atoms with Crippen LogP contribution >= 0.6 is 11.6 Å². The summed E-state index contributed by atoms with van der Waals surface area (Å²) in [6, 6.07) is 5.55. The van der Waals surface area contributed by atoms with Crippen molar-refractivity contribution in [2.24, 2.45) is 0 Å². The molecule has 1 aromatic carbocycles. The third-order valence-corrected chi connectivity index (χ3v) is 4.08. The van der Waals surface area contributed by atoms with Crippen LogP contribution in [0.15, 0.2) is 18.2 Å². The Morgan fingerprint density at radius 1 is 1.41 bits per heavy atom. The van der Waals surface area contributed by atoms with Gasteiger partial charge in [-0.2, -0.15) is 0 Å². The van der Waals surface area contributed by atoms with E-state index in [9.17, 15) is 4.79 Å². The number of hydrazine groups is 1. The maximum absolute atomic E-state index is 11.9. The Labute approximate surface area is 137 Å². The molecule has 0 saturated carbocycles. The molecule has 1 fully saturated rings. The molecule has 6 heteroatoms. The van der Waals surface area contributed by atoms with Crippen molar-refractivity contribution in [3.63, 3.8) is 0 Å². The highest BCUT2D eigenvalue weighted by Gasteiger charge is 2.17. The number of halogens is 1. The Kier molecular flexibility index (Phi) is 6.49. The highest BCUT2D eigenvalue weighted by molar-refractivity contribution is 6.30. The van der Waals surface area contributed by atoms with E-state index < -0.39 is 0 Å². The van der Waals surface area contributed by atoms with Gasteiger partial charge in [0.2, 0.25) is 5.91 Å². The van der Waals surface area contributed by atoms with Gasteiger partial charge in [0.05, 0.1) is 39.8 Å². The van der Waals surface area contributed by atoms with Crippen molar-refractivity contribution in [2.45, 2.75) is 19.8 Å². The van der Waals surface area contributed by atoms with Crippen LogP contribution in [0.5, 0.6) is 5.75 Å². The molecule has 2 N–H and O–H groups in total. The van der Waals surface area contributed by atoms with Crippen molar-refractivity contribution in [1.29, 1.82) is 0 Å². The van der Waals surface area contributed by atoms with E-state index in [2.05, 4.69) is 12.5 Å². The fourth-order valence-corrected chi connectivity index (χ4v) is 2.65. The molecule has 1 amide bonds. The molecule has 0 radical (unpaired) electrons. The third kappa shape index (κ3) is 5.48. The zero-order valence-electron chi connectivity index (χ0n) is 13.3. The van der Waals surface area contributed by atoms with Gasteiger partial charge in [-0.3, -0.25) is 10.2 Å². The van der Waals surface area contributed by atoms with Crippen molar-refractivity contribution >= 4 is 17.5 Å². The molecule has 0 spiro atoms. The van der Waals surface area contributed by atoms with Crippen LogP contribution in [0.1, 0.15) is 18.4 Å². The summed E-state index contributed by atoms with van der Waals surface area (Å²) in [6.45, 7) is 6.46. The molecular formula is C16H25ClN3O2+. The average molecular weight is 327 g/mol. The minimum atomic E-state index is 0.0657. The van der Waals surface area contributed by atoms with Crippen molar-refractivity contribution in [3.8, 4) is 5.75 Å². The van der Waals surface area contributed by atoms with Crippen molar-refractivity contribution in [3.05, 3.63) is 28.8 Å². The lowest BCUT2D eigenvalue weighted by atomic mass is 10.2. The largest absolute Gasteiger partial charge is 0.493 e. The molecule has 1 aliphatic rings. The molecular weight excluding hydrogens is 302 g/mol. The Morgan fingerprint density at radius 2 is 2.14 bits per heavy atom. The van der Waals surface area contributed by atoms with Crippen LogP contribution in [-0.4, -0.2) is 50.7 Å². The molecule has 0 aromatic heterocycles. The summed E-state index contributed by atoms with van der Waals surface area (Å²) >= 11 is 5.91. The van der Waals surface area contributed by atoms with E-state index in [4.69, 9.17) is 16.3 Å². The summed E-state index contributed by atoms with van der Waals surface area (Å²) in [7, 11) is 2.18. The first-order valence-electron chi connectivity index (χ1n) is 7.79. The van der Waals surface area contributed by atoms with Gasteiger partial charge in [0.15, 0.2) is 0 Å². The van der Waals surface area contributed by atoms with E-state index in [1.807, 2.05) is 30.1 Å². The van der Waals surface area contributed by atoms with Gasteiger partial charge < -0.3 is 9.64 Å². The summed E-state index contributed by atoms with van der Waals surface area (Å²) in [5.74, 6) is 0.892. The van der Waals surface area contributed by atoms with Gasteiger partial charge in [-0.15, -0.1) is 0 Å². The van der Waals surface area contributed by atoms with Gasteiger partial charge in [-0.05, 0) is 37.1 Å². The number of ether oxygens (including phenoxy) is 1. The second-order valence-corrected chi connectivity index (χ2v) is 6.28. The monoisotopic (exact) mass is 326 g/mol. The Hall–Kier alpha value is -1.30. The summed E-state index contributed by atoms with van der Waals surface area (Å²) in [6.07, 6.45) is 1.18. The van der Waals surface area contributed by atoms with Gasteiger partial charge in [0, 0.05) is 11.4 Å². The minimum absolute atomic E-state index is 0.0657. The molecule has 0 bridgehead atoms. The Bertz CT molecular complexity index is 502. The normalized spacial score (nSPS) is 16.5. The molecule has 0 unspecified atom stereocenters. The summed E-state index contributed by atoms with van der Waals surface area (Å²) in [5.41, 5.74) is 3.98. The highest BCUT2D eigenvalue weighted by Crippen LogP contribution is 2.21. The van der Waals surface area contributed by atoms with E-state index in [0.717, 1.165) is 37.5 Å². The molecule has 2 rings (SSSR count). The lowest BCUT2D eigenvalue weighted by Crippen LogP contribution is -3.12. The third-order valence-electron chi connectivity index (χ3n) is 3.84. The van der Waals surface area contributed by atoms with Gasteiger partial charge in [-0.1, -0.05) is 11.6 Å². The number of benzene rings is 1. The van der Waals surface area contributed by atoms with Crippen LogP contribution in [0.25, 0.3) is 0 Å². The fourth-order valence-electron chi connectivity index (χ4n) is 2.42. The minimum Gasteiger partial charge on any atom is -0.493 e. The zero-order valence-corrected chi connectivity index (χ0v) is 14.1. The average Bonchev–Trinajstić information content (AvgIpc) is 2.48. The number of nitrogens with zero attached hydrogens (tertiary/aromatic N) is 1. The first-order valence-corrected chi connectivity index (χ1v) is 8.17. The van der Waals surface area contributed by atoms with E-state index >= 15 is 0 Å². The van der Waals surface area contributed by atoms with Gasteiger partial charge in [0.25, 0.3) is 0 Å². The standard InChI is InChI=1S/C16H24ClN3O2/c1-13-12-14(17)5-6-15(13)22-11-3-4-16(21)18-20-9-7-19(2)8-10-20/h5-6,12H,3-4,7-11H2,1-2H3,(H,18,21)/p+1. The number of hydrogen-bond acceptors (Lipinski definition) is 3. The number of aryl methyl sites for hydroxylation is 1. The molecule has 1 aliphatic heterocycles. The van der Waals surface area contributed by atoms with Crippen LogP contribution in [0, 0.1) is 6.92 Å². The van der Waals surface area contributed by atoms with Crippen LogP contribution in [0.2, 0.25) is 5.02 Å². The second kappa shape index (κ2) is 8.36. The van der Waals surface area contributed by atoms with Crippen molar-refractivity contribution in [1.82, 2.24) is 10.4 Å². The fraction of sp³-hybridized carbons (Fsp3) is 0.562. The number of amides is 1. The molecule has 5 nitrogen and oxygen atoms in total. The predicted molar refractivity (Wildman–Crippen MR) is 87.3 cm³/mol. The number of piperazine rings is 1. The molecule has 1 heterocycles. The highest BCUT2D eigenvalue weighted by atomic mass is 35.5. The maximum atomic E-state index is 11.9. The zero-order chi connectivity index (χ0) is 15.9. The Balaban J connectivity index is 1.62. The lowest BCUT2D eigenvalue weighted by Gasteiger charge is -2.30. The molecule has 22 heavy (non-hydrogen) atoms. The van der Waals surface area contributed by atoms with E-state index in [1.165, 1.54) is 4.90 Å². The number of rotatable bonds is 6. The predicted octanol–water partition coefficient (Wildman–Crippen LogP) is 0.669. The van der Waals surface area contributed by atoms with E-state index in [1.54, 1.807) is 0 Å². The summed E-state index contributed by atoms with van der Waals surface area (Å²) in [4.78, 5) is 13.4. The van der Waals surface area contributed by atoms with Crippen LogP contribution in [-0.2, 0) is 4.79 Å². The topological polar surface area (TPSA) is 46.0 Å². The van der Waals surface area contributed by atoms with Crippen molar-refractivity contribution in [2.75, 3.05) is 39.8 Å². The first-order chi connectivity index (χ1) is 10.5. The summed E-state index contributed by atoms with van der Waals surface area (Å²) < 4.78 is 5.69. The van der Waals surface area contributed by atoms with E-state index in [0.29, 0.717) is 24.5 Å². The Morgan fingerprint density at radius 3 is 2.82 bits per heavy atom. The number of carbonyl (C=O) groups is 1. The van der Waals surface area contributed by atoms with Crippen LogP contribution < -0.4 is 15.1 Å². The smallest absolute Gasteiger partial charge is 0.234 e. The van der Waals surface area contributed by atoms with Gasteiger partial charge >= 0.3 is 0 Å². The number of nitrogens with one attached hydrogen (secondary N) is 2. The lowest BCUT2D eigenvalue weighted by molar-refractivity contribution is -0.884.